The lowest BCUT2D eigenvalue weighted by Crippen LogP contribution is -2.05. The second-order valence-electron chi connectivity index (χ2n) is 5.12. The minimum atomic E-state index is -0.815. The Kier molecular flexibility index (Phi) is 4.60. The van der Waals surface area contributed by atoms with Crippen molar-refractivity contribution in [3.8, 4) is 0 Å². The predicted octanol–water partition coefficient (Wildman–Crippen LogP) is 3.03. The summed E-state index contributed by atoms with van der Waals surface area (Å²) in [6, 6.07) is 4.71. The lowest BCUT2D eigenvalue weighted by atomic mass is 10.2. The fourth-order valence-electron chi connectivity index (χ4n) is 2.28. The van der Waals surface area contributed by atoms with Gasteiger partial charge in [0.25, 0.3) is 0 Å². The summed E-state index contributed by atoms with van der Waals surface area (Å²) in [5.41, 5.74) is 0. The van der Waals surface area contributed by atoms with Gasteiger partial charge in [0.15, 0.2) is 5.16 Å². The molecule has 1 saturated carbocycles. The van der Waals surface area contributed by atoms with E-state index < -0.39 is 5.97 Å². The molecule has 1 fully saturated rings. The van der Waals surface area contributed by atoms with Crippen molar-refractivity contribution < 1.29 is 9.90 Å². The molecule has 112 valence electrons. The molecule has 2 aromatic heterocycles. The average Bonchev–Trinajstić information content (AvgIpc) is 3.00. The third-order valence-corrected chi connectivity index (χ3v) is 5.24. The number of aliphatic carboxylic acids is 1. The van der Waals surface area contributed by atoms with Crippen LogP contribution in [0.15, 0.2) is 22.7 Å². The van der Waals surface area contributed by atoms with Crippen LogP contribution >= 0.6 is 23.1 Å². The highest BCUT2D eigenvalue weighted by molar-refractivity contribution is 7.99. The highest BCUT2D eigenvalue weighted by Gasteiger charge is 2.29. The van der Waals surface area contributed by atoms with Crippen molar-refractivity contribution in [3.05, 3.63) is 28.2 Å². The monoisotopic (exact) mass is 323 g/mol. The van der Waals surface area contributed by atoms with Gasteiger partial charge in [-0.05, 0) is 37.1 Å². The van der Waals surface area contributed by atoms with Crippen molar-refractivity contribution in [2.24, 2.45) is 0 Å². The molecule has 0 saturated heterocycles. The predicted molar refractivity (Wildman–Crippen MR) is 83.0 cm³/mol. The lowest BCUT2D eigenvalue weighted by molar-refractivity contribution is -0.133. The number of rotatable bonds is 8. The molecule has 0 amide bonds. The average molecular weight is 323 g/mol. The number of thiophene rings is 1. The summed E-state index contributed by atoms with van der Waals surface area (Å²) in [6.45, 7) is 0. The van der Waals surface area contributed by atoms with Gasteiger partial charge in [0.1, 0.15) is 5.82 Å². The van der Waals surface area contributed by atoms with Gasteiger partial charge in [-0.25, -0.2) is 0 Å². The Morgan fingerprint density at radius 2 is 2.29 bits per heavy atom. The molecule has 1 N–H and O–H groups in total. The minimum Gasteiger partial charge on any atom is -0.481 e. The number of carbonyl (C=O) groups is 1. The Morgan fingerprint density at radius 3 is 2.95 bits per heavy atom. The van der Waals surface area contributed by atoms with Gasteiger partial charge in [-0.2, -0.15) is 0 Å². The summed E-state index contributed by atoms with van der Waals surface area (Å²) in [5.74, 6) is 0.228. The normalized spacial score (nSPS) is 14.5. The van der Waals surface area contributed by atoms with Crippen molar-refractivity contribution >= 4 is 29.1 Å². The zero-order valence-electron chi connectivity index (χ0n) is 11.6. The Morgan fingerprint density at radius 1 is 1.43 bits per heavy atom. The maximum Gasteiger partial charge on any atom is 0.313 e. The smallest absolute Gasteiger partial charge is 0.313 e. The van der Waals surface area contributed by atoms with Crippen molar-refractivity contribution in [2.75, 3.05) is 5.75 Å². The topological polar surface area (TPSA) is 68.0 Å². The van der Waals surface area contributed by atoms with Gasteiger partial charge in [-0.3, -0.25) is 4.79 Å². The summed E-state index contributed by atoms with van der Waals surface area (Å²) in [7, 11) is 0. The van der Waals surface area contributed by atoms with Gasteiger partial charge in [0, 0.05) is 17.3 Å². The first kappa shape index (κ1) is 14.6. The van der Waals surface area contributed by atoms with E-state index in [1.165, 1.54) is 16.6 Å². The van der Waals surface area contributed by atoms with Gasteiger partial charge in [-0.15, -0.1) is 21.5 Å². The van der Waals surface area contributed by atoms with E-state index in [1.807, 2.05) is 0 Å². The van der Waals surface area contributed by atoms with Crippen LogP contribution in [0.5, 0.6) is 0 Å². The van der Waals surface area contributed by atoms with E-state index in [9.17, 15) is 4.79 Å². The van der Waals surface area contributed by atoms with Crippen LogP contribution in [0.2, 0.25) is 0 Å². The first-order valence-electron chi connectivity index (χ1n) is 7.05. The number of thioether (sulfide) groups is 1. The van der Waals surface area contributed by atoms with E-state index in [2.05, 4.69) is 32.3 Å². The number of aromatic nitrogens is 3. The minimum absolute atomic E-state index is 0.0417. The van der Waals surface area contributed by atoms with Gasteiger partial charge in [-0.1, -0.05) is 17.8 Å². The molecule has 2 aromatic rings. The zero-order chi connectivity index (χ0) is 14.7. The van der Waals surface area contributed by atoms with E-state index in [1.54, 1.807) is 11.3 Å². The van der Waals surface area contributed by atoms with Gasteiger partial charge in [0.2, 0.25) is 0 Å². The summed E-state index contributed by atoms with van der Waals surface area (Å²) < 4.78 is 2.15. The van der Waals surface area contributed by atoms with Crippen molar-refractivity contribution in [1.29, 1.82) is 0 Å². The molecular formula is C14H17N3O2S2. The van der Waals surface area contributed by atoms with E-state index >= 15 is 0 Å². The molecule has 1 aliphatic rings. The van der Waals surface area contributed by atoms with E-state index in [4.69, 9.17) is 5.11 Å². The summed E-state index contributed by atoms with van der Waals surface area (Å²) >= 11 is 3.05. The number of hydrogen-bond donors (Lipinski definition) is 1. The van der Waals surface area contributed by atoms with Crippen LogP contribution in [0, 0.1) is 0 Å². The van der Waals surface area contributed by atoms with Crippen LogP contribution in [0.25, 0.3) is 0 Å². The SMILES string of the molecule is O=C(O)CSc1nnc(CCCc2cccs2)n1C1CC1. The molecule has 0 radical (unpaired) electrons. The Bertz CT molecular complexity index is 606. The Hall–Kier alpha value is -1.34. The first-order chi connectivity index (χ1) is 10.2. The zero-order valence-corrected chi connectivity index (χ0v) is 13.2. The number of carboxylic acid groups (broad SMARTS) is 1. The third kappa shape index (κ3) is 3.85. The second kappa shape index (κ2) is 6.62. The highest BCUT2D eigenvalue weighted by Crippen LogP contribution is 2.39. The van der Waals surface area contributed by atoms with Gasteiger partial charge < -0.3 is 9.67 Å². The molecule has 7 heteroatoms. The molecule has 0 atom stereocenters. The molecule has 21 heavy (non-hydrogen) atoms. The summed E-state index contributed by atoms with van der Waals surface area (Å²) in [5, 5.41) is 20.1. The van der Waals surface area contributed by atoms with Gasteiger partial charge >= 0.3 is 5.97 Å². The van der Waals surface area contributed by atoms with Crippen LogP contribution < -0.4 is 0 Å². The van der Waals surface area contributed by atoms with Crippen molar-refractivity contribution in [1.82, 2.24) is 14.8 Å². The molecule has 3 rings (SSSR count). The molecule has 5 nitrogen and oxygen atoms in total. The van der Waals surface area contributed by atoms with Crippen molar-refractivity contribution in [3.63, 3.8) is 0 Å². The van der Waals surface area contributed by atoms with E-state index in [-0.39, 0.29) is 5.75 Å². The second-order valence-corrected chi connectivity index (χ2v) is 7.09. The number of hydrogen-bond acceptors (Lipinski definition) is 5. The highest BCUT2D eigenvalue weighted by atomic mass is 32.2. The Balaban J connectivity index is 1.62. The van der Waals surface area contributed by atoms with Crippen LogP contribution in [0.4, 0.5) is 0 Å². The van der Waals surface area contributed by atoms with Crippen LogP contribution in [0.3, 0.4) is 0 Å². The molecule has 2 heterocycles. The molecule has 0 bridgehead atoms. The fourth-order valence-corrected chi connectivity index (χ4v) is 3.77. The van der Waals surface area contributed by atoms with Crippen LogP contribution in [0.1, 0.15) is 36.0 Å². The fraction of sp³-hybridized carbons (Fsp3) is 0.500. The van der Waals surface area contributed by atoms with Crippen LogP contribution in [-0.2, 0) is 17.6 Å². The standard InChI is InChI=1S/C14H17N3O2S2/c18-13(19)9-21-14-16-15-12(17(14)10-6-7-10)5-1-3-11-4-2-8-20-11/h2,4,8,10H,1,3,5-7,9H2,(H,18,19). The maximum atomic E-state index is 10.7. The molecule has 1 aliphatic carbocycles. The molecular weight excluding hydrogens is 306 g/mol. The number of aryl methyl sites for hydroxylation is 2. The molecule has 0 unspecified atom stereocenters. The molecule has 0 aromatic carbocycles. The summed E-state index contributed by atoms with van der Waals surface area (Å²) in [4.78, 5) is 12.1. The third-order valence-electron chi connectivity index (χ3n) is 3.38. The van der Waals surface area contributed by atoms with Gasteiger partial charge in [0.05, 0.1) is 5.75 Å². The largest absolute Gasteiger partial charge is 0.481 e. The lowest BCUT2D eigenvalue weighted by Gasteiger charge is -2.07. The number of nitrogens with zero attached hydrogens (tertiary/aromatic N) is 3. The summed E-state index contributed by atoms with van der Waals surface area (Å²) in [6.07, 6.45) is 5.31. The Labute approximate surface area is 131 Å². The van der Waals surface area contributed by atoms with Crippen molar-refractivity contribution in [2.45, 2.75) is 43.3 Å². The molecule has 0 aliphatic heterocycles. The first-order valence-corrected chi connectivity index (χ1v) is 8.91. The molecule has 0 spiro atoms. The maximum absolute atomic E-state index is 10.7. The van der Waals surface area contributed by atoms with Crippen LogP contribution in [-0.4, -0.2) is 31.6 Å². The van der Waals surface area contributed by atoms with E-state index in [0.717, 1.165) is 43.1 Å². The van der Waals surface area contributed by atoms with E-state index in [0.29, 0.717) is 6.04 Å². The number of carboxylic acids is 1. The quantitative estimate of drug-likeness (QED) is 0.756.